The number of esters is 1. The van der Waals surface area contributed by atoms with Crippen LogP contribution in [0.3, 0.4) is 0 Å². The van der Waals surface area contributed by atoms with Gasteiger partial charge in [0.15, 0.2) is 5.76 Å². The van der Waals surface area contributed by atoms with Gasteiger partial charge in [0.05, 0.1) is 0 Å². The summed E-state index contributed by atoms with van der Waals surface area (Å²) in [5, 5.41) is 63.7. The first-order valence-electron chi connectivity index (χ1n) is 13.0. The first-order valence-corrected chi connectivity index (χ1v) is 13.0. The van der Waals surface area contributed by atoms with Gasteiger partial charge in [0.1, 0.15) is 64.9 Å². The summed E-state index contributed by atoms with van der Waals surface area (Å²) < 4.78 is 22.3. The lowest BCUT2D eigenvalue weighted by Gasteiger charge is -2.39. The minimum atomic E-state index is -1.91. The number of nitrogens with zero attached hydrogens (tertiary/aromatic N) is 1. The highest BCUT2D eigenvalue weighted by Crippen LogP contribution is 2.37. The summed E-state index contributed by atoms with van der Waals surface area (Å²) in [5.74, 6) is -2.69. The zero-order chi connectivity index (χ0) is 31.5. The lowest BCUT2D eigenvalue weighted by atomic mass is 9.99. The number of nitroso groups, excluding NO2 is 1. The Labute approximate surface area is 247 Å². The quantitative estimate of drug-likeness (QED) is 0.0962. The van der Waals surface area contributed by atoms with Gasteiger partial charge in [-0.05, 0) is 53.2 Å². The Morgan fingerprint density at radius 2 is 1.61 bits per heavy atom. The van der Waals surface area contributed by atoms with Gasteiger partial charge >= 0.3 is 5.97 Å². The van der Waals surface area contributed by atoms with Crippen LogP contribution in [0.25, 0.3) is 28.4 Å². The normalized spacial score (nSPS) is 21.8. The fourth-order valence-corrected chi connectivity index (χ4v) is 4.47. The van der Waals surface area contributed by atoms with E-state index in [9.17, 15) is 45.1 Å². The summed E-state index contributed by atoms with van der Waals surface area (Å²) in [6.07, 6.45) is -6.27. The molecule has 0 spiro atoms. The van der Waals surface area contributed by atoms with E-state index in [1.807, 2.05) is 0 Å². The third kappa shape index (κ3) is 6.23. The van der Waals surface area contributed by atoms with Crippen LogP contribution in [0.1, 0.15) is 5.56 Å². The molecule has 5 rings (SSSR count). The van der Waals surface area contributed by atoms with E-state index in [-0.39, 0.29) is 33.7 Å². The van der Waals surface area contributed by atoms with Gasteiger partial charge in [-0.1, -0.05) is 12.1 Å². The molecule has 3 unspecified atom stereocenters. The van der Waals surface area contributed by atoms with E-state index in [4.69, 9.17) is 18.6 Å². The van der Waals surface area contributed by atoms with Crippen molar-refractivity contribution < 1.29 is 54.1 Å². The van der Waals surface area contributed by atoms with Crippen LogP contribution in [0.2, 0.25) is 0 Å². The molecule has 1 aliphatic heterocycles. The number of carbonyl (C=O) groups excluding carboxylic acids is 1. The Balaban J connectivity index is 1.42. The molecule has 0 amide bonds. The van der Waals surface area contributed by atoms with Gasteiger partial charge < -0.3 is 49.3 Å². The van der Waals surface area contributed by atoms with Gasteiger partial charge in [-0.25, -0.2) is 4.79 Å². The Bertz CT molecular complexity index is 1770. The average Bonchev–Trinajstić information content (AvgIpc) is 3.01. The maximum atomic E-state index is 13.6. The number of aliphatic hydroxyl groups is 3. The molecule has 0 radical (unpaired) electrons. The molecule has 0 saturated carbocycles. The highest BCUT2D eigenvalue weighted by Gasteiger charge is 2.46. The highest BCUT2D eigenvalue weighted by molar-refractivity contribution is 5.88. The Morgan fingerprint density at radius 3 is 2.30 bits per heavy atom. The van der Waals surface area contributed by atoms with E-state index in [0.717, 1.165) is 18.2 Å². The molecule has 44 heavy (non-hydrogen) atoms. The number of carbonyl (C=O) groups is 1. The van der Waals surface area contributed by atoms with Crippen LogP contribution in [0.15, 0.2) is 81.1 Å². The highest BCUT2D eigenvalue weighted by atomic mass is 16.7. The predicted molar refractivity (Wildman–Crippen MR) is 152 cm³/mol. The first-order chi connectivity index (χ1) is 21.0. The third-order valence-corrected chi connectivity index (χ3v) is 6.75. The number of fused-ring (bicyclic) bond motifs is 1. The molecule has 5 atom stereocenters. The van der Waals surface area contributed by atoms with Crippen molar-refractivity contribution in [1.82, 2.24) is 0 Å². The van der Waals surface area contributed by atoms with Crippen LogP contribution in [0.4, 0.5) is 5.69 Å². The lowest BCUT2D eigenvalue weighted by Crippen LogP contribution is -2.60. The number of hydrogen-bond donors (Lipinski definition) is 6. The minimum absolute atomic E-state index is 0.0449. The van der Waals surface area contributed by atoms with Gasteiger partial charge in [-0.2, -0.15) is 0 Å². The summed E-state index contributed by atoms with van der Waals surface area (Å²) in [4.78, 5) is 36.7. The van der Waals surface area contributed by atoms with Gasteiger partial charge in [0, 0.05) is 23.8 Å². The molecule has 1 fully saturated rings. The number of phenolic OH excluding ortho intramolecular Hbond substituents is 3. The number of benzene rings is 3. The number of aliphatic hydroxyl groups excluding tert-OH is 3. The van der Waals surface area contributed by atoms with Crippen LogP contribution in [0, 0.1) is 4.91 Å². The minimum Gasteiger partial charge on any atom is -0.508 e. The largest absolute Gasteiger partial charge is 0.508 e. The van der Waals surface area contributed by atoms with Crippen molar-refractivity contribution in [2.24, 2.45) is 5.18 Å². The molecule has 228 valence electrons. The predicted octanol–water partition coefficient (Wildman–Crippen LogP) is 2.42. The zero-order valence-electron chi connectivity index (χ0n) is 22.5. The van der Waals surface area contributed by atoms with E-state index in [2.05, 4.69) is 5.18 Å². The maximum absolute atomic E-state index is 13.6. The monoisotopic (exact) mass is 607 g/mol. The summed E-state index contributed by atoms with van der Waals surface area (Å²) >= 11 is 0. The van der Waals surface area contributed by atoms with E-state index >= 15 is 0 Å². The van der Waals surface area contributed by atoms with Crippen molar-refractivity contribution in [2.75, 3.05) is 6.61 Å². The molecule has 14 nitrogen and oxygen atoms in total. The van der Waals surface area contributed by atoms with Crippen LogP contribution in [0.5, 0.6) is 23.0 Å². The van der Waals surface area contributed by atoms with Crippen molar-refractivity contribution in [3.05, 3.63) is 87.4 Å². The van der Waals surface area contributed by atoms with Crippen molar-refractivity contribution >= 4 is 28.7 Å². The Kier molecular flexibility index (Phi) is 8.59. The second kappa shape index (κ2) is 12.5. The van der Waals surface area contributed by atoms with Gasteiger partial charge in [-0.3, -0.25) is 4.79 Å². The number of ether oxygens (including phenoxy) is 3. The average molecular weight is 608 g/mol. The van der Waals surface area contributed by atoms with Crippen LogP contribution in [-0.2, 0) is 14.3 Å². The standard InChI is InChI=1S/C30H25NO13/c32-17-8-1-14(2-9-17)3-10-22(35)41-13-21-24(36)26(38)27(39)30(43-21)44-29-25(37)23-19(34)11-18(33)12-20(23)42-28(29)15-4-6-16(31-40)7-5-15/h1-12,21,24,26-27,30,32-34,36,38-39H,13H2/b10-3+/t21?,24-,26?,27?,30+/m1/s1. The number of rotatable bonds is 8. The van der Waals surface area contributed by atoms with Crippen LogP contribution < -0.4 is 10.2 Å². The molecular formula is C30H25NO13. The van der Waals surface area contributed by atoms with Crippen molar-refractivity contribution in [1.29, 1.82) is 0 Å². The van der Waals surface area contributed by atoms with E-state index in [1.54, 1.807) is 12.1 Å². The van der Waals surface area contributed by atoms with E-state index in [1.165, 1.54) is 42.5 Å². The van der Waals surface area contributed by atoms with Crippen molar-refractivity contribution in [3.63, 3.8) is 0 Å². The molecule has 3 aromatic carbocycles. The second-order valence-corrected chi connectivity index (χ2v) is 9.75. The van der Waals surface area contributed by atoms with Crippen molar-refractivity contribution in [2.45, 2.75) is 30.7 Å². The molecule has 14 heteroatoms. The fraction of sp³-hybridized carbons (Fsp3) is 0.200. The molecule has 2 heterocycles. The Hall–Kier alpha value is -5.28. The molecule has 1 aliphatic rings. The SMILES string of the molecule is O=Nc1ccc(-c2oc3cc(O)cc(O)c3c(=O)c2O[C@@H]2OC(COC(=O)/C=C/c3ccc(O)cc3)[C@@H](O)C(O)C2O)cc1. The molecule has 6 N–H and O–H groups in total. The summed E-state index contributed by atoms with van der Waals surface area (Å²) in [6.45, 7) is -0.594. The van der Waals surface area contributed by atoms with E-state index < -0.39 is 66.0 Å². The topological polar surface area (TPSA) is 226 Å². The summed E-state index contributed by atoms with van der Waals surface area (Å²) in [7, 11) is 0. The molecule has 0 aliphatic carbocycles. The van der Waals surface area contributed by atoms with Crippen LogP contribution in [-0.4, -0.2) is 73.9 Å². The lowest BCUT2D eigenvalue weighted by molar-refractivity contribution is -0.278. The first kappa shape index (κ1) is 30.2. The van der Waals surface area contributed by atoms with Gasteiger partial charge in [0.2, 0.25) is 17.5 Å². The maximum Gasteiger partial charge on any atom is 0.330 e. The molecule has 0 bridgehead atoms. The number of hydrogen-bond acceptors (Lipinski definition) is 14. The number of aromatic hydroxyl groups is 3. The summed E-state index contributed by atoms with van der Waals surface area (Å²) in [6, 6.07) is 13.3. The molecular weight excluding hydrogens is 582 g/mol. The molecule has 4 aromatic rings. The van der Waals surface area contributed by atoms with Crippen molar-refractivity contribution in [3.8, 4) is 34.3 Å². The fourth-order valence-electron chi connectivity index (χ4n) is 4.47. The van der Waals surface area contributed by atoms with E-state index in [0.29, 0.717) is 5.56 Å². The third-order valence-electron chi connectivity index (χ3n) is 6.75. The van der Waals surface area contributed by atoms with Crippen LogP contribution >= 0.6 is 0 Å². The summed E-state index contributed by atoms with van der Waals surface area (Å²) in [5.41, 5.74) is -0.337. The zero-order valence-corrected chi connectivity index (χ0v) is 22.5. The Morgan fingerprint density at radius 1 is 0.909 bits per heavy atom. The van der Waals surface area contributed by atoms with Gasteiger partial charge in [0.25, 0.3) is 0 Å². The molecule has 1 aromatic heterocycles. The molecule has 1 saturated heterocycles. The number of phenols is 3. The van der Waals surface area contributed by atoms with Gasteiger partial charge in [-0.15, -0.1) is 4.91 Å². The smallest absolute Gasteiger partial charge is 0.330 e. The second-order valence-electron chi connectivity index (χ2n) is 9.75.